The molecule has 0 spiro atoms. The van der Waals surface area contributed by atoms with Crippen molar-refractivity contribution in [1.82, 2.24) is 15.6 Å². The number of aliphatic hydroxyl groups is 1. The number of hydrogen-bond acceptors (Lipinski definition) is 6. The molecule has 0 unspecified atom stereocenters. The number of aromatic nitrogens is 1. The summed E-state index contributed by atoms with van der Waals surface area (Å²) in [5, 5.41) is 18.7. The van der Waals surface area contributed by atoms with Gasteiger partial charge in [0, 0.05) is 24.9 Å². The van der Waals surface area contributed by atoms with Gasteiger partial charge < -0.3 is 25.2 Å². The number of ether oxygens (including phenoxy) is 2. The SMILES string of the molecule is CCNC(=NCc1ccc(OCCO)c(OC)c1)NCCc1csc(C)n1. The topological polar surface area (TPSA) is 88.0 Å². The summed E-state index contributed by atoms with van der Waals surface area (Å²) in [7, 11) is 1.60. The van der Waals surface area contributed by atoms with Crippen molar-refractivity contribution in [2.24, 2.45) is 4.99 Å². The van der Waals surface area contributed by atoms with Crippen LogP contribution in [0, 0.1) is 6.92 Å². The molecule has 7 nitrogen and oxygen atoms in total. The van der Waals surface area contributed by atoms with Crippen LogP contribution in [0.5, 0.6) is 11.5 Å². The molecule has 1 heterocycles. The van der Waals surface area contributed by atoms with Crippen LogP contribution in [0.3, 0.4) is 0 Å². The van der Waals surface area contributed by atoms with Gasteiger partial charge in [-0.1, -0.05) is 6.07 Å². The van der Waals surface area contributed by atoms with Gasteiger partial charge in [0.1, 0.15) is 6.61 Å². The first kappa shape index (κ1) is 21.0. The molecule has 0 aliphatic heterocycles. The van der Waals surface area contributed by atoms with Crippen LogP contribution >= 0.6 is 11.3 Å². The van der Waals surface area contributed by atoms with Gasteiger partial charge in [-0.2, -0.15) is 0 Å². The van der Waals surface area contributed by atoms with Crippen LogP contribution in [0.1, 0.15) is 23.2 Å². The molecule has 3 N–H and O–H groups in total. The molecule has 0 aliphatic carbocycles. The highest BCUT2D eigenvalue weighted by molar-refractivity contribution is 7.09. The third-order valence-corrected chi connectivity index (χ3v) is 4.50. The largest absolute Gasteiger partial charge is 0.493 e. The molecule has 8 heteroatoms. The number of hydrogen-bond donors (Lipinski definition) is 3. The maximum atomic E-state index is 8.89. The molecule has 2 rings (SSSR count). The van der Waals surface area contributed by atoms with Gasteiger partial charge in [-0.15, -0.1) is 11.3 Å². The van der Waals surface area contributed by atoms with E-state index >= 15 is 0 Å². The molecule has 1 aromatic heterocycles. The number of thiazole rings is 1. The fourth-order valence-electron chi connectivity index (χ4n) is 2.43. The molecule has 0 bridgehead atoms. The molecular weight excluding hydrogens is 364 g/mol. The average Bonchev–Trinajstić information content (AvgIpc) is 3.09. The molecule has 0 atom stereocenters. The Bertz CT molecular complexity index is 733. The lowest BCUT2D eigenvalue weighted by Gasteiger charge is -2.12. The highest BCUT2D eigenvalue weighted by Gasteiger charge is 2.06. The van der Waals surface area contributed by atoms with Crippen LogP contribution in [0.25, 0.3) is 0 Å². The van der Waals surface area contributed by atoms with Crippen molar-refractivity contribution in [3.63, 3.8) is 0 Å². The van der Waals surface area contributed by atoms with E-state index in [0.29, 0.717) is 18.0 Å². The van der Waals surface area contributed by atoms with E-state index in [1.165, 1.54) is 0 Å². The van der Waals surface area contributed by atoms with Gasteiger partial charge in [0.25, 0.3) is 0 Å². The molecular formula is C19H28N4O3S. The zero-order valence-electron chi connectivity index (χ0n) is 16.1. The van der Waals surface area contributed by atoms with Gasteiger partial charge in [-0.05, 0) is 31.5 Å². The standard InChI is InChI=1S/C19H28N4O3S/c1-4-20-19(21-8-7-16-13-27-14(2)23-16)22-12-15-5-6-17(26-10-9-24)18(11-15)25-3/h5-6,11,13,24H,4,7-10,12H2,1-3H3,(H2,20,21,22). The summed E-state index contributed by atoms with van der Waals surface area (Å²) in [5.74, 6) is 2.01. The van der Waals surface area contributed by atoms with Crippen molar-refractivity contribution in [3.05, 3.63) is 39.8 Å². The van der Waals surface area contributed by atoms with E-state index in [-0.39, 0.29) is 13.2 Å². The van der Waals surface area contributed by atoms with Crippen molar-refractivity contribution < 1.29 is 14.6 Å². The lowest BCUT2D eigenvalue weighted by atomic mass is 10.2. The van der Waals surface area contributed by atoms with Gasteiger partial charge in [0.05, 0.1) is 31.0 Å². The number of aliphatic imine (C=N–C) groups is 1. The number of aliphatic hydroxyl groups excluding tert-OH is 1. The number of aryl methyl sites for hydroxylation is 1. The summed E-state index contributed by atoms with van der Waals surface area (Å²) in [6.45, 7) is 6.33. The lowest BCUT2D eigenvalue weighted by Crippen LogP contribution is -2.38. The van der Waals surface area contributed by atoms with E-state index in [2.05, 4.69) is 26.0 Å². The molecule has 0 fully saturated rings. The summed E-state index contributed by atoms with van der Waals surface area (Å²) in [5.41, 5.74) is 2.11. The minimum absolute atomic E-state index is 0.0343. The van der Waals surface area contributed by atoms with Crippen LogP contribution in [0.2, 0.25) is 0 Å². The van der Waals surface area contributed by atoms with E-state index in [1.807, 2.05) is 32.0 Å². The van der Waals surface area contributed by atoms with Crippen molar-refractivity contribution in [2.45, 2.75) is 26.8 Å². The quantitative estimate of drug-likeness (QED) is 0.424. The monoisotopic (exact) mass is 392 g/mol. The normalized spacial score (nSPS) is 11.3. The molecule has 0 amide bonds. The molecule has 148 valence electrons. The maximum absolute atomic E-state index is 8.89. The number of guanidine groups is 1. The fourth-order valence-corrected chi connectivity index (χ4v) is 3.08. The number of methoxy groups -OCH3 is 1. The van der Waals surface area contributed by atoms with Crippen LogP contribution in [-0.4, -0.2) is 49.5 Å². The summed E-state index contributed by atoms with van der Waals surface area (Å²) in [6, 6.07) is 5.68. The number of benzene rings is 1. The van der Waals surface area contributed by atoms with Gasteiger partial charge in [-0.3, -0.25) is 0 Å². The molecule has 0 aliphatic rings. The maximum Gasteiger partial charge on any atom is 0.191 e. The number of rotatable bonds is 10. The Morgan fingerprint density at radius 3 is 2.81 bits per heavy atom. The van der Waals surface area contributed by atoms with Crippen LogP contribution in [-0.2, 0) is 13.0 Å². The number of nitrogens with zero attached hydrogens (tertiary/aromatic N) is 2. The Labute approximate surface area is 164 Å². The second-order valence-corrected chi connectivity index (χ2v) is 6.85. The van der Waals surface area contributed by atoms with Gasteiger partial charge in [0.2, 0.25) is 0 Å². The molecule has 1 aromatic carbocycles. The molecule has 2 aromatic rings. The second-order valence-electron chi connectivity index (χ2n) is 5.79. The molecule has 0 saturated heterocycles. The summed E-state index contributed by atoms with van der Waals surface area (Å²) >= 11 is 1.67. The predicted octanol–water partition coefficient (Wildman–Crippen LogP) is 2.13. The van der Waals surface area contributed by atoms with E-state index in [0.717, 1.165) is 41.7 Å². The lowest BCUT2D eigenvalue weighted by molar-refractivity contribution is 0.196. The van der Waals surface area contributed by atoms with Crippen molar-refractivity contribution in [1.29, 1.82) is 0 Å². The minimum Gasteiger partial charge on any atom is -0.493 e. The van der Waals surface area contributed by atoms with Gasteiger partial charge in [-0.25, -0.2) is 9.98 Å². The average molecular weight is 393 g/mol. The van der Waals surface area contributed by atoms with Crippen LogP contribution in [0.15, 0.2) is 28.6 Å². The van der Waals surface area contributed by atoms with Crippen molar-refractivity contribution in [3.8, 4) is 11.5 Å². The Kier molecular flexibility index (Phi) is 8.86. The Balaban J connectivity index is 1.94. The van der Waals surface area contributed by atoms with Crippen LogP contribution in [0.4, 0.5) is 0 Å². The molecule has 0 radical (unpaired) electrons. The number of nitrogens with one attached hydrogen (secondary N) is 2. The fraction of sp³-hybridized carbons (Fsp3) is 0.474. The van der Waals surface area contributed by atoms with E-state index in [9.17, 15) is 0 Å². The third kappa shape index (κ3) is 7.07. The van der Waals surface area contributed by atoms with Crippen LogP contribution < -0.4 is 20.1 Å². The second kappa shape index (κ2) is 11.4. The third-order valence-electron chi connectivity index (χ3n) is 3.68. The Hall–Kier alpha value is -2.32. The van der Waals surface area contributed by atoms with Gasteiger partial charge >= 0.3 is 0 Å². The van der Waals surface area contributed by atoms with Crippen molar-refractivity contribution in [2.75, 3.05) is 33.4 Å². The van der Waals surface area contributed by atoms with E-state index in [1.54, 1.807) is 18.4 Å². The van der Waals surface area contributed by atoms with E-state index in [4.69, 9.17) is 14.6 Å². The van der Waals surface area contributed by atoms with E-state index < -0.39 is 0 Å². The summed E-state index contributed by atoms with van der Waals surface area (Å²) < 4.78 is 10.8. The van der Waals surface area contributed by atoms with Gasteiger partial charge in [0.15, 0.2) is 17.5 Å². The summed E-state index contributed by atoms with van der Waals surface area (Å²) in [6.07, 6.45) is 0.861. The Morgan fingerprint density at radius 2 is 2.15 bits per heavy atom. The molecule has 27 heavy (non-hydrogen) atoms. The first-order valence-electron chi connectivity index (χ1n) is 9.00. The first-order valence-corrected chi connectivity index (χ1v) is 9.88. The summed E-state index contributed by atoms with van der Waals surface area (Å²) in [4.78, 5) is 9.10. The highest BCUT2D eigenvalue weighted by atomic mass is 32.1. The van der Waals surface area contributed by atoms with Crippen molar-refractivity contribution >= 4 is 17.3 Å². The first-order chi connectivity index (χ1) is 13.2. The predicted molar refractivity (Wildman–Crippen MR) is 109 cm³/mol. The highest BCUT2D eigenvalue weighted by Crippen LogP contribution is 2.28. The smallest absolute Gasteiger partial charge is 0.191 e. The molecule has 0 saturated carbocycles. The Morgan fingerprint density at radius 1 is 1.30 bits per heavy atom. The zero-order chi connectivity index (χ0) is 19.5. The zero-order valence-corrected chi connectivity index (χ0v) is 16.9. The minimum atomic E-state index is -0.0343.